The molecule has 0 saturated carbocycles. The van der Waals surface area contributed by atoms with Gasteiger partial charge in [0.25, 0.3) is 0 Å². The summed E-state index contributed by atoms with van der Waals surface area (Å²) in [5.41, 5.74) is 8.33. The molecule has 1 aliphatic heterocycles. The van der Waals surface area contributed by atoms with Crippen LogP contribution in [0.3, 0.4) is 0 Å². The molecule has 1 saturated heterocycles. The third-order valence-corrected chi connectivity index (χ3v) is 5.37. The molecule has 1 unspecified atom stereocenters. The number of urea groups is 1. The third-order valence-electron chi connectivity index (χ3n) is 5.37. The van der Waals surface area contributed by atoms with Gasteiger partial charge in [0.1, 0.15) is 11.6 Å². The van der Waals surface area contributed by atoms with E-state index in [0.717, 1.165) is 29.9 Å². The molecule has 1 aromatic carbocycles. The van der Waals surface area contributed by atoms with Crippen LogP contribution < -0.4 is 11.1 Å². The van der Waals surface area contributed by atoms with Crippen molar-refractivity contribution < 1.29 is 18.3 Å². The number of amides is 2. The largest absolute Gasteiger partial charge is 0.396 e. The van der Waals surface area contributed by atoms with Crippen LogP contribution in [0.4, 0.5) is 25.1 Å². The summed E-state index contributed by atoms with van der Waals surface area (Å²) in [5.74, 6) is -1.19. The first kappa shape index (κ1) is 21.6. The number of nitrogens with one attached hydrogen (secondary N) is 1. The number of nitrogens with zero attached hydrogens (tertiary/aromatic N) is 3. The van der Waals surface area contributed by atoms with Crippen LogP contribution in [0.1, 0.15) is 23.7 Å². The average Bonchev–Trinajstić information content (AvgIpc) is 3.27. The van der Waals surface area contributed by atoms with Crippen LogP contribution in [-0.2, 0) is 11.3 Å². The Bertz CT molecular complexity index is 1140. The Morgan fingerprint density at radius 2 is 2.06 bits per heavy atom. The highest BCUT2D eigenvalue weighted by molar-refractivity contribution is 5.92. The normalized spacial score (nSPS) is 15.7. The number of anilines is 2. The van der Waals surface area contributed by atoms with Gasteiger partial charge in [0.2, 0.25) is 0 Å². The lowest BCUT2D eigenvalue weighted by Crippen LogP contribution is -2.33. The predicted octanol–water partition coefficient (Wildman–Crippen LogP) is 4.17. The smallest absolute Gasteiger partial charge is 0.323 e. The molecule has 1 fully saturated rings. The fourth-order valence-electron chi connectivity index (χ4n) is 3.74. The van der Waals surface area contributed by atoms with Gasteiger partial charge < -0.3 is 15.4 Å². The van der Waals surface area contributed by atoms with Crippen molar-refractivity contribution in [1.29, 1.82) is 0 Å². The SMILES string of the molecule is COCc1cccc(C2CCN(C(=O)Nc3nc(-c4ccc(F)cc4F)ccc3N)C2)n1. The van der Waals surface area contributed by atoms with E-state index in [-0.39, 0.29) is 34.7 Å². The Hall–Kier alpha value is -3.59. The van der Waals surface area contributed by atoms with Crippen molar-refractivity contribution in [2.24, 2.45) is 0 Å². The molecule has 0 radical (unpaired) electrons. The standard InChI is InChI=1S/C23H23F2N5O2/c1-32-13-16-3-2-4-20(27-16)14-9-10-30(12-14)23(31)29-22-19(26)7-8-21(28-22)17-6-5-15(24)11-18(17)25/h2-8,11,14H,9-10,12-13,26H2,1H3,(H,28,29,31). The summed E-state index contributed by atoms with van der Waals surface area (Å²) in [6.07, 6.45) is 0.778. The summed E-state index contributed by atoms with van der Waals surface area (Å²) in [4.78, 5) is 23.4. The number of carbonyl (C=O) groups excluding carboxylic acids is 1. The molecule has 2 amide bonds. The van der Waals surface area contributed by atoms with E-state index < -0.39 is 11.6 Å². The second kappa shape index (κ2) is 9.27. The van der Waals surface area contributed by atoms with E-state index in [9.17, 15) is 13.6 Å². The van der Waals surface area contributed by atoms with Crippen LogP contribution in [0.15, 0.2) is 48.5 Å². The summed E-state index contributed by atoms with van der Waals surface area (Å²) in [7, 11) is 1.62. The molecule has 0 spiro atoms. The minimum atomic E-state index is -0.745. The highest BCUT2D eigenvalue weighted by atomic mass is 19.1. The summed E-state index contributed by atoms with van der Waals surface area (Å²) in [5, 5.41) is 2.71. The highest BCUT2D eigenvalue weighted by Crippen LogP contribution is 2.29. The number of hydrogen-bond acceptors (Lipinski definition) is 5. The number of nitrogen functional groups attached to an aromatic ring is 1. The maximum Gasteiger partial charge on any atom is 0.323 e. The molecule has 1 aliphatic rings. The first-order chi connectivity index (χ1) is 15.4. The van der Waals surface area contributed by atoms with E-state index in [0.29, 0.717) is 19.7 Å². The van der Waals surface area contributed by atoms with Crippen molar-refractivity contribution in [1.82, 2.24) is 14.9 Å². The first-order valence-corrected chi connectivity index (χ1v) is 10.2. The molecule has 3 aromatic rings. The van der Waals surface area contributed by atoms with E-state index in [1.165, 1.54) is 18.2 Å². The number of carbonyl (C=O) groups is 1. The summed E-state index contributed by atoms with van der Waals surface area (Å²) >= 11 is 0. The van der Waals surface area contributed by atoms with Gasteiger partial charge >= 0.3 is 6.03 Å². The highest BCUT2D eigenvalue weighted by Gasteiger charge is 2.29. The van der Waals surface area contributed by atoms with Crippen molar-refractivity contribution in [2.45, 2.75) is 18.9 Å². The number of halogens is 2. The lowest BCUT2D eigenvalue weighted by atomic mass is 10.0. The Balaban J connectivity index is 1.47. The number of methoxy groups -OCH3 is 1. The number of likely N-dealkylation sites (tertiary alicyclic amines) is 1. The number of pyridine rings is 2. The van der Waals surface area contributed by atoms with Gasteiger partial charge in [-0.15, -0.1) is 0 Å². The fourth-order valence-corrected chi connectivity index (χ4v) is 3.74. The number of ether oxygens (including phenoxy) is 1. The molecule has 1 atom stereocenters. The second-order valence-corrected chi connectivity index (χ2v) is 7.61. The Morgan fingerprint density at radius 1 is 1.22 bits per heavy atom. The van der Waals surface area contributed by atoms with E-state index in [4.69, 9.17) is 10.5 Å². The van der Waals surface area contributed by atoms with Gasteiger partial charge in [-0.2, -0.15) is 0 Å². The number of nitrogens with two attached hydrogens (primary N) is 1. The van der Waals surface area contributed by atoms with Gasteiger partial charge in [-0.25, -0.2) is 18.6 Å². The lowest BCUT2D eigenvalue weighted by molar-refractivity contribution is 0.181. The van der Waals surface area contributed by atoms with Gasteiger partial charge in [0.05, 0.1) is 23.7 Å². The van der Waals surface area contributed by atoms with Crippen molar-refractivity contribution in [3.8, 4) is 11.3 Å². The Kier molecular flexibility index (Phi) is 6.27. The van der Waals surface area contributed by atoms with Gasteiger partial charge in [-0.1, -0.05) is 6.07 Å². The Labute approximate surface area is 184 Å². The molecule has 0 aliphatic carbocycles. The van der Waals surface area contributed by atoms with Gasteiger partial charge in [-0.3, -0.25) is 10.3 Å². The topological polar surface area (TPSA) is 93.4 Å². The molecular formula is C23H23F2N5O2. The summed E-state index contributed by atoms with van der Waals surface area (Å²) in [6.45, 7) is 1.49. The van der Waals surface area contributed by atoms with Crippen molar-refractivity contribution in [2.75, 3.05) is 31.2 Å². The van der Waals surface area contributed by atoms with Gasteiger partial charge in [-0.05, 0) is 42.8 Å². The molecule has 3 N–H and O–H groups in total. The van der Waals surface area contributed by atoms with Crippen LogP contribution in [0.25, 0.3) is 11.3 Å². The maximum atomic E-state index is 14.1. The predicted molar refractivity (Wildman–Crippen MR) is 117 cm³/mol. The molecule has 4 rings (SSSR count). The zero-order valence-electron chi connectivity index (χ0n) is 17.5. The Morgan fingerprint density at radius 3 is 2.84 bits per heavy atom. The zero-order valence-corrected chi connectivity index (χ0v) is 17.5. The summed E-state index contributed by atoms with van der Waals surface area (Å²) in [6, 6.07) is 11.7. The zero-order chi connectivity index (χ0) is 22.7. The van der Waals surface area contributed by atoms with E-state index in [2.05, 4.69) is 15.3 Å². The molecule has 9 heteroatoms. The number of benzene rings is 1. The maximum absolute atomic E-state index is 14.1. The minimum absolute atomic E-state index is 0.113. The summed E-state index contributed by atoms with van der Waals surface area (Å²) < 4.78 is 32.5. The van der Waals surface area contributed by atoms with Crippen molar-refractivity contribution in [3.05, 3.63) is 71.6 Å². The minimum Gasteiger partial charge on any atom is -0.396 e. The van der Waals surface area contributed by atoms with Crippen molar-refractivity contribution in [3.63, 3.8) is 0 Å². The monoisotopic (exact) mass is 439 g/mol. The van der Waals surface area contributed by atoms with E-state index in [1.54, 1.807) is 12.0 Å². The van der Waals surface area contributed by atoms with E-state index >= 15 is 0 Å². The van der Waals surface area contributed by atoms with Crippen molar-refractivity contribution >= 4 is 17.5 Å². The van der Waals surface area contributed by atoms with Crippen LogP contribution in [0.2, 0.25) is 0 Å². The molecule has 32 heavy (non-hydrogen) atoms. The molecule has 7 nitrogen and oxygen atoms in total. The van der Waals surface area contributed by atoms with Crippen LogP contribution in [-0.4, -0.2) is 41.1 Å². The van der Waals surface area contributed by atoms with Crippen LogP contribution >= 0.6 is 0 Å². The molecular weight excluding hydrogens is 416 g/mol. The van der Waals surface area contributed by atoms with E-state index in [1.807, 2.05) is 18.2 Å². The molecule has 3 heterocycles. The van der Waals surface area contributed by atoms with Crippen LogP contribution in [0, 0.1) is 11.6 Å². The first-order valence-electron chi connectivity index (χ1n) is 10.2. The fraction of sp³-hybridized carbons (Fsp3) is 0.261. The quantitative estimate of drug-likeness (QED) is 0.622. The van der Waals surface area contributed by atoms with Crippen LogP contribution in [0.5, 0.6) is 0 Å². The second-order valence-electron chi connectivity index (χ2n) is 7.61. The third kappa shape index (κ3) is 4.67. The van der Waals surface area contributed by atoms with Gasteiger partial charge in [0, 0.05) is 43.4 Å². The number of hydrogen-bond donors (Lipinski definition) is 2. The molecule has 166 valence electrons. The lowest BCUT2D eigenvalue weighted by Gasteiger charge is -2.18. The van der Waals surface area contributed by atoms with Gasteiger partial charge in [0.15, 0.2) is 5.82 Å². The molecule has 2 aromatic heterocycles. The number of rotatable bonds is 5. The number of aromatic nitrogens is 2. The molecule has 0 bridgehead atoms. The average molecular weight is 439 g/mol.